The average Bonchev–Trinajstić information content (AvgIpc) is 2.42. The van der Waals surface area contributed by atoms with Crippen molar-refractivity contribution in [1.29, 1.82) is 0 Å². The molecule has 0 unspecified atom stereocenters. The van der Waals surface area contributed by atoms with Gasteiger partial charge in [-0.2, -0.15) is 0 Å². The second-order valence-electron chi connectivity index (χ2n) is 5.64. The van der Waals surface area contributed by atoms with Gasteiger partial charge in [-0.3, -0.25) is 4.79 Å². The maximum Gasteiger partial charge on any atom is 0.326 e. The lowest BCUT2D eigenvalue weighted by atomic mass is 10.0. The van der Waals surface area contributed by atoms with Crippen LogP contribution in [-0.4, -0.2) is 29.6 Å². The number of hydrogen-bond acceptors (Lipinski definition) is 3. The van der Waals surface area contributed by atoms with E-state index in [2.05, 4.69) is 19.2 Å². The molecule has 5 nitrogen and oxygen atoms in total. The molecule has 0 saturated carbocycles. The van der Waals surface area contributed by atoms with E-state index in [1.807, 2.05) is 12.1 Å². The van der Waals surface area contributed by atoms with Crippen molar-refractivity contribution >= 4 is 11.9 Å². The van der Waals surface area contributed by atoms with Crippen molar-refractivity contribution in [2.45, 2.75) is 39.7 Å². The zero-order chi connectivity index (χ0) is 16.0. The van der Waals surface area contributed by atoms with Crippen molar-refractivity contribution in [3.05, 3.63) is 29.8 Å². The number of amides is 1. The summed E-state index contributed by atoms with van der Waals surface area (Å²) < 4.78 is 5.36. The first kappa shape index (κ1) is 17.0. The third-order valence-corrected chi connectivity index (χ3v) is 3.17. The molecule has 1 aromatic rings. The Hall–Kier alpha value is -2.04. The molecule has 1 atom stereocenters. The zero-order valence-corrected chi connectivity index (χ0v) is 12.9. The number of rotatable bonds is 7. The molecule has 0 aliphatic rings. The minimum absolute atomic E-state index is 0.184. The molecule has 1 aromatic carbocycles. The molecule has 21 heavy (non-hydrogen) atoms. The van der Waals surface area contributed by atoms with Crippen molar-refractivity contribution in [2.24, 2.45) is 5.92 Å². The van der Waals surface area contributed by atoms with Gasteiger partial charge in [-0.25, -0.2) is 4.79 Å². The second kappa shape index (κ2) is 7.67. The molecule has 1 rings (SSSR count). The average molecular weight is 293 g/mol. The highest BCUT2D eigenvalue weighted by Crippen LogP contribution is 2.18. The first-order chi connectivity index (χ1) is 9.81. The van der Waals surface area contributed by atoms with Gasteiger partial charge in [0.15, 0.2) is 6.61 Å². The smallest absolute Gasteiger partial charge is 0.326 e. The molecule has 0 aromatic heterocycles. The molecule has 2 N–H and O–H groups in total. The van der Waals surface area contributed by atoms with Gasteiger partial charge < -0.3 is 15.2 Å². The van der Waals surface area contributed by atoms with Crippen LogP contribution in [0.15, 0.2) is 24.3 Å². The highest BCUT2D eigenvalue weighted by atomic mass is 16.5. The first-order valence-electron chi connectivity index (χ1n) is 7.06. The lowest BCUT2D eigenvalue weighted by Gasteiger charge is -2.18. The number of aliphatic carboxylic acids is 1. The van der Waals surface area contributed by atoms with Gasteiger partial charge in [-0.05, 0) is 29.5 Å². The maximum absolute atomic E-state index is 11.7. The fraction of sp³-hybridized carbons (Fsp3) is 0.500. The Bertz CT molecular complexity index is 480. The largest absolute Gasteiger partial charge is 0.484 e. The van der Waals surface area contributed by atoms with E-state index in [1.54, 1.807) is 26.0 Å². The van der Waals surface area contributed by atoms with Crippen molar-refractivity contribution in [2.75, 3.05) is 6.61 Å². The Kier molecular flexibility index (Phi) is 6.21. The topological polar surface area (TPSA) is 75.6 Å². The van der Waals surface area contributed by atoms with Crippen LogP contribution in [0.2, 0.25) is 0 Å². The summed E-state index contributed by atoms with van der Waals surface area (Å²) in [4.78, 5) is 22.7. The molecular weight excluding hydrogens is 270 g/mol. The molecule has 0 spiro atoms. The molecule has 0 fully saturated rings. The van der Waals surface area contributed by atoms with Crippen LogP contribution in [0.4, 0.5) is 0 Å². The van der Waals surface area contributed by atoms with E-state index < -0.39 is 17.9 Å². The summed E-state index contributed by atoms with van der Waals surface area (Å²) in [5.41, 5.74) is 1.19. The van der Waals surface area contributed by atoms with E-state index in [1.165, 1.54) is 5.56 Å². The Morgan fingerprint density at radius 3 is 2.14 bits per heavy atom. The SMILES string of the molecule is CC(C)c1ccc(OCC(=O)N[C@H](C(=O)O)C(C)C)cc1. The van der Waals surface area contributed by atoms with E-state index in [0.717, 1.165) is 0 Å². The maximum atomic E-state index is 11.7. The summed E-state index contributed by atoms with van der Waals surface area (Å²) in [6, 6.07) is 6.61. The molecule has 0 saturated heterocycles. The monoisotopic (exact) mass is 293 g/mol. The van der Waals surface area contributed by atoms with Crippen molar-refractivity contribution < 1.29 is 19.4 Å². The highest BCUT2D eigenvalue weighted by Gasteiger charge is 2.23. The quantitative estimate of drug-likeness (QED) is 0.809. The van der Waals surface area contributed by atoms with Crippen molar-refractivity contribution in [3.8, 4) is 5.75 Å². The molecular formula is C16H23NO4. The van der Waals surface area contributed by atoms with Crippen LogP contribution in [0.25, 0.3) is 0 Å². The second-order valence-corrected chi connectivity index (χ2v) is 5.64. The summed E-state index contributed by atoms with van der Waals surface area (Å²) in [5, 5.41) is 11.5. The van der Waals surface area contributed by atoms with Crippen molar-refractivity contribution in [1.82, 2.24) is 5.32 Å². The number of hydrogen-bond donors (Lipinski definition) is 2. The van der Waals surface area contributed by atoms with E-state index in [0.29, 0.717) is 11.7 Å². The number of carboxylic acids is 1. The summed E-state index contributed by atoms with van der Waals surface area (Å²) in [5.74, 6) is -0.642. The molecule has 0 heterocycles. The summed E-state index contributed by atoms with van der Waals surface area (Å²) >= 11 is 0. The van der Waals surface area contributed by atoms with E-state index >= 15 is 0 Å². The zero-order valence-electron chi connectivity index (χ0n) is 12.9. The fourth-order valence-electron chi connectivity index (χ4n) is 1.83. The van der Waals surface area contributed by atoms with E-state index in [4.69, 9.17) is 9.84 Å². The number of ether oxygens (including phenoxy) is 1. The van der Waals surface area contributed by atoms with Crippen LogP contribution < -0.4 is 10.1 Å². The predicted octanol–water partition coefficient (Wildman–Crippen LogP) is 2.41. The molecule has 0 radical (unpaired) electrons. The van der Waals surface area contributed by atoms with E-state index in [9.17, 15) is 9.59 Å². The van der Waals surface area contributed by atoms with Gasteiger partial charge in [-0.15, -0.1) is 0 Å². The third kappa shape index (κ3) is 5.45. The number of carboxylic acid groups (broad SMARTS) is 1. The Balaban J connectivity index is 2.51. The van der Waals surface area contributed by atoms with Crippen LogP contribution in [0.3, 0.4) is 0 Å². The Labute approximate surface area is 125 Å². The minimum Gasteiger partial charge on any atom is -0.484 e. The van der Waals surface area contributed by atoms with Crippen LogP contribution in [0, 0.1) is 5.92 Å². The molecule has 0 aliphatic heterocycles. The van der Waals surface area contributed by atoms with Crippen LogP contribution in [-0.2, 0) is 9.59 Å². The lowest BCUT2D eigenvalue weighted by Crippen LogP contribution is -2.46. The van der Waals surface area contributed by atoms with Crippen LogP contribution in [0.1, 0.15) is 39.2 Å². The number of nitrogens with one attached hydrogen (secondary N) is 1. The highest BCUT2D eigenvalue weighted by molar-refractivity contribution is 5.84. The molecule has 5 heteroatoms. The Morgan fingerprint density at radius 1 is 1.14 bits per heavy atom. The fourth-order valence-corrected chi connectivity index (χ4v) is 1.83. The molecule has 116 valence electrons. The minimum atomic E-state index is -1.04. The van der Waals surface area contributed by atoms with Gasteiger partial charge in [0, 0.05) is 0 Å². The molecule has 0 bridgehead atoms. The first-order valence-corrected chi connectivity index (χ1v) is 7.06. The van der Waals surface area contributed by atoms with Gasteiger partial charge in [0.2, 0.25) is 0 Å². The standard InChI is InChI=1S/C16H23NO4/c1-10(2)12-5-7-13(8-6-12)21-9-14(18)17-15(11(3)4)16(19)20/h5-8,10-11,15H,9H2,1-4H3,(H,17,18)(H,19,20)/t15-/m0/s1. The summed E-state index contributed by atoms with van der Waals surface area (Å²) in [7, 11) is 0. The molecule has 0 aliphatic carbocycles. The normalized spacial score (nSPS) is 12.3. The number of benzene rings is 1. The van der Waals surface area contributed by atoms with Gasteiger partial charge in [0.25, 0.3) is 5.91 Å². The lowest BCUT2D eigenvalue weighted by molar-refractivity contribution is -0.143. The van der Waals surface area contributed by atoms with Gasteiger partial charge >= 0.3 is 5.97 Å². The predicted molar refractivity (Wildman–Crippen MR) is 80.4 cm³/mol. The Morgan fingerprint density at radius 2 is 1.71 bits per heavy atom. The van der Waals surface area contributed by atoms with Gasteiger partial charge in [0.1, 0.15) is 11.8 Å². The summed E-state index contributed by atoms with van der Waals surface area (Å²) in [6.07, 6.45) is 0. The van der Waals surface area contributed by atoms with Gasteiger partial charge in [0.05, 0.1) is 0 Å². The summed E-state index contributed by atoms with van der Waals surface area (Å²) in [6.45, 7) is 7.48. The van der Waals surface area contributed by atoms with Crippen LogP contribution >= 0.6 is 0 Å². The number of carbonyl (C=O) groups excluding carboxylic acids is 1. The van der Waals surface area contributed by atoms with Crippen molar-refractivity contribution in [3.63, 3.8) is 0 Å². The van der Waals surface area contributed by atoms with Gasteiger partial charge in [-0.1, -0.05) is 39.8 Å². The van der Waals surface area contributed by atoms with E-state index in [-0.39, 0.29) is 12.5 Å². The van der Waals surface area contributed by atoms with Crippen LogP contribution in [0.5, 0.6) is 5.75 Å². The molecule has 1 amide bonds. The third-order valence-electron chi connectivity index (χ3n) is 3.17. The number of carbonyl (C=O) groups is 2.